The van der Waals surface area contributed by atoms with Gasteiger partial charge in [-0.1, -0.05) is 6.07 Å². The van der Waals surface area contributed by atoms with E-state index in [0.29, 0.717) is 23.4 Å². The lowest BCUT2D eigenvalue weighted by Gasteiger charge is -2.13. The van der Waals surface area contributed by atoms with E-state index in [4.69, 9.17) is 4.74 Å². The molecular formula is C17H19FN2O3. The van der Waals surface area contributed by atoms with Gasteiger partial charge in [0, 0.05) is 24.7 Å². The van der Waals surface area contributed by atoms with Crippen LogP contribution in [-0.2, 0) is 4.74 Å². The lowest BCUT2D eigenvalue weighted by atomic mass is 10.1. The Bertz CT molecular complexity index is 703. The number of carbonyl (C=O) groups is 1. The first-order chi connectivity index (χ1) is 11.1. The van der Waals surface area contributed by atoms with Gasteiger partial charge in [0.25, 0.3) is 5.91 Å². The third-order valence-electron chi connectivity index (χ3n) is 3.77. The van der Waals surface area contributed by atoms with Crippen LogP contribution in [-0.4, -0.2) is 41.9 Å². The molecule has 1 atom stereocenters. The fourth-order valence-electron chi connectivity index (χ4n) is 2.35. The average molecular weight is 318 g/mol. The number of carbonyl (C=O) groups excluding carboxylic acids is 1. The number of amides is 1. The van der Waals surface area contributed by atoms with Gasteiger partial charge in [-0.15, -0.1) is 0 Å². The Morgan fingerprint density at radius 2 is 2.30 bits per heavy atom. The number of hydrogen-bond acceptors (Lipinski definition) is 4. The van der Waals surface area contributed by atoms with Gasteiger partial charge in [-0.05, 0) is 37.0 Å². The minimum absolute atomic E-state index is 0.0499. The number of nitrogens with zero attached hydrogens (tertiary/aromatic N) is 1. The van der Waals surface area contributed by atoms with Gasteiger partial charge >= 0.3 is 0 Å². The molecule has 2 aromatic rings. The maximum Gasteiger partial charge on any atom is 0.253 e. The van der Waals surface area contributed by atoms with E-state index in [1.54, 1.807) is 18.3 Å². The van der Waals surface area contributed by atoms with Gasteiger partial charge in [0.15, 0.2) is 0 Å². The molecule has 1 aliphatic carbocycles. The minimum atomic E-state index is -0.787. The number of hydrogen-bond donors (Lipinski definition) is 2. The van der Waals surface area contributed by atoms with Gasteiger partial charge < -0.3 is 15.2 Å². The van der Waals surface area contributed by atoms with Crippen LogP contribution in [0.2, 0.25) is 0 Å². The summed E-state index contributed by atoms with van der Waals surface area (Å²) in [6.07, 6.45) is 3.14. The van der Waals surface area contributed by atoms with Crippen molar-refractivity contribution in [2.24, 2.45) is 5.92 Å². The van der Waals surface area contributed by atoms with E-state index in [2.05, 4.69) is 10.3 Å². The molecule has 1 saturated carbocycles. The van der Waals surface area contributed by atoms with Gasteiger partial charge in [0.2, 0.25) is 0 Å². The highest BCUT2D eigenvalue weighted by Gasteiger charge is 2.21. The number of nitrogens with one attached hydrogen (secondary N) is 1. The van der Waals surface area contributed by atoms with E-state index in [0.717, 1.165) is 6.07 Å². The summed E-state index contributed by atoms with van der Waals surface area (Å²) in [4.78, 5) is 16.4. The van der Waals surface area contributed by atoms with Crippen LogP contribution in [0, 0.1) is 11.7 Å². The molecule has 1 aliphatic rings. The zero-order chi connectivity index (χ0) is 16.2. The van der Waals surface area contributed by atoms with Crippen LogP contribution in [0.3, 0.4) is 0 Å². The summed E-state index contributed by atoms with van der Waals surface area (Å²) in [6, 6.07) is 5.87. The van der Waals surface area contributed by atoms with Crippen molar-refractivity contribution in [2.75, 3.05) is 19.8 Å². The molecule has 0 bridgehead atoms. The van der Waals surface area contributed by atoms with Crippen LogP contribution in [0.4, 0.5) is 4.39 Å². The largest absolute Gasteiger partial charge is 0.389 e. The number of fused-ring (bicyclic) bond motifs is 1. The number of aliphatic hydroxyl groups is 1. The molecule has 0 radical (unpaired) electrons. The predicted molar refractivity (Wildman–Crippen MR) is 83.6 cm³/mol. The van der Waals surface area contributed by atoms with Crippen molar-refractivity contribution >= 4 is 16.8 Å². The second-order valence-corrected chi connectivity index (χ2v) is 5.87. The molecule has 6 heteroatoms. The van der Waals surface area contributed by atoms with E-state index in [1.165, 1.54) is 18.9 Å². The highest BCUT2D eigenvalue weighted by Crippen LogP contribution is 2.28. The zero-order valence-electron chi connectivity index (χ0n) is 12.7. The summed E-state index contributed by atoms with van der Waals surface area (Å²) in [7, 11) is 0. The summed E-state index contributed by atoms with van der Waals surface area (Å²) < 4.78 is 19.0. The summed E-state index contributed by atoms with van der Waals surface area (Å²) in [6.45, 7) is 0.886. The first kappa shape index (κ1) is 15.8. The second-order valence-electron chi connectivity index (χ2n) is 5.87. The summed E-state index contributed by atoms with van der Waals surface area (Å²) in [5.41, 5.74) is 0.595. The molecule has 1 fully saturated rings. The predicted octanol–water partition coefficient (Wildman–Crippen LogP) is 1.89. The summed E-state index contributed by atoms with van der Waals surface area (Å²) in [5.74, 6) is -0.333. The lowest BCUT2D eigenvalue weighted by Crippen LogP contribution is -2.35. The Balaban J connectivity index is 1.59. The van der Waals surface area contributed by atoms with Gasteiger partial charge in [-0.2, -0.15) is 0 Å². The Kier molecular flexibility index (Phi) is 4.83. The average Bonchev–Trinajstić information content (AvgIpc) is 3.36. The Morgan fingerprint density at radius 3 is 3.09 bits per heavy atom. The smallest absolute Gasteiger partial charge is 0.253 e. The maximum atomic E-state index is 13.6. The van der Waals surface area contributed by atoms with Gasteiger partial charge in [0.05, 0.1) is 23.8 Å². The number of ether oxygens (including phenoxy) is 1. The van der Waals surface area contributed by atoms with Crippen molar-refractivity contribution in [1.29, 1.82) is 0 Å². The normalized spacial score (nSPS) is 15.6. The first-order valence-corrected chi connectivity index (χ1v) is 7.72. The van der Waals surface area contributed by atoms with E-state index < -0.39 is 17.8 Å². The second kappa shape index (κ2) is 7.02. The van der Waals surface area contributed by atoms with Crippen LogP contribution >= 0.6 is 0 Å². The molecule has 1 unspecified atom stereocenters. The molecule has 2 N–H and O–H groups in total. The number of aromatic nitrogens is 1. The van der Waals surface area contributed by atoms with Crippen LogP contribution in [0.15, 0.2) is 30.5 Å². The molecule has 3 rings (SSSR count). The van der Waals surface area contributed by atoms with Gasteiger partial charge in [0.1, 0.15) is 5.82 Å². The van der Waals surface area contributed by atoms with E-state index in [9.17, 15) is 14.3 Å². The quantitative estimate of drug-likeness (QED) is 0.818. The molecule has 5 nitrogen and oxygen atoms in total. The van der Waals surface area contributed by atoms with Crippen molar-refractivity contribution in [3.05, 3.63) is 41.8 Å². The molecule has 23 heavy (non-hydrogen) atoms. The molecule has 1 aromatic carbocycles. The lowest BCUT2D eigenvalue weighted by molar-refractivity contribution is 0.0321. The minimum Gasteiger partial charge on any atom is -0.389 e. The molecular weight excluding hydrogens is 299 g/mol. The van der Waals surface area contributed by atoms with Crippen molar-refractivity contribution in [2.45, 2.75) is 18.9 Å². The fourth-order valence-corrected chi connectivity index (χ4v) is 2.35. The Morgan fingerprint density at radius 1 is 1.48 bits per heavy atom. The maximum absolute atomic E-state index is 13.6. The molecule has 0 spiro atoms. The van der Waals surface area contributed by atoms with Crippen LogP contribution in [0.25, 0.3) is 10.9 Å². The van der Waals surface area contributed by atoms with Crippen molar-refractivity contribution < 1.29 is 19.0 Å². The molecule has 1 amide bonds. The Labute approximate surface area is 133 Å². The number of pyridine rings is 1. The molecule has 1 aromatic heterocycles. The van der Waals surface area contributed by atoms with Crippen molar-refractivity contribution in [3.8, 4) is 0 Å². The number of rotatable bonds is 7. The third-order valence-corrected chi connectivity index (χ3v) is 3.77. The first-order valence-electron chi connectivity index (χ1n) is 7.72. The third kappa shape index (κ3) is 4.24. The molecule has 122 valence electrons. The fraction of sp³-hybridized carbons (Fsp3) is 0.412. The SMILES string of the molecule is O=C(NCC(O)COCC1CC1)c1cc(F)cc2cccnc12. The topological polar surface area (TPSA) is 71.5 Å². The van der Waals surface area contributed by atoms with E-state index in [-0.39, 0.29) is 18.7 Å². The van der Waals surface area contributed by atoms with Gasteiger partial charge in [-0.25, -0.2) is 4.39 Å². The molecule has 1 heterocycles. The molecule has 0 saturated heterocycles. The standard InChI is InChI=1S/C17H19FN2O3/c18-13-6-12-2-1-5-19-16(12)15(7-13)17(22)20-8-14(21)10-23-9-11-3-4-11/h1-2,5-7,11,14,21H,3-4,8-10H2,(H,20,22). The summed E-state index contributed by atoms with van der Waals surface area (Å²) >= 11 is 0. The number of halogens is 1. The van der Waals surface area contributed by atoms with E-state index >= 15 is 0 Å². The monoisotopic (exact) mass is 318 g/mol. The highest BCUT2D eigenvalue weighted by molar-refractivity contribution is 6.05. The Hall–Kier alpha value is -2.05. The zero-order valence-corrected chi connectivity index (χ0v) is 12.7. The van der Waals surface area contributed by atoms with Crippen molar-refractivity contribution in [1.82, 2.24) is 10.3 Å². The highest BCUT2D eigenvalue weighted by atomic mass is 19.1. The van der Waals surface area contributed by atoms with Crippen molar-refractivity contribution in [3.63, 3.8) is 0 Å². The van der Waals surface area contributed by atoms with E-state index in [1.807, 2.05) is 0 Å². The van der Waals surface area contributed by atoms with Crippen LogP contribution < -0.4 is 5.32 Å². The van der Waals surface area contributed by atoms with Crippen LogP contribution in [0.5, 0.6) is 0 Å². The summed E-state index contributed by atoms with van der Waals surface area (Å²) in [5, 5.41) is 13.0. The number of aliphatic hydroxyl groups excluding tert-OH is 1. The molecule has 0 aliphatic heterocycles. The van der Waals surface area contributed by atoms with Crippen LogP contribution in [0.1, 0.15) is 23.2 Å². The number of benzene rings is 1. The van der Waals surface area contributed by atoms with Gasteiger partial charge in [-0.3, -0.25) is 9.78 Å².